The minimum absolute atomic E-state index is 0.635. The van der Waals surface area contributed by atoms with Gasteiger partial charge in [-0.05, 0) is 31.0 Å². The SMILES string of the molecule is COc1ccc(Cl)cc1Nc1cc(-c2ccccc2)nc(N2CCCC2)n1. The molecule has 27 heavy (non-hydrogen) atoms. The van der Waals surface area contributed by atoms with Crippen LogP contribution in [-0.4, -0.2) is 30.2 Å². The summed E-state index contributed by atoms with van der Waals surface area (Å²) in [5, 5.41) is 3.99. The first-order chi connectivity index (χ1) is 13.2. The van der Waals surface area contributed by atoms with Crippen LogP contribution in [0.2, 0.25) is 5.02 Å². The molecule has 1 N–H and O–H groups in total. The monoisotopic (exact) mass is 380 g/mol. The van der Waals surface area contributed by atoms with E-state index in [0.717, 1.165) is 36.0 Å². The van der Waals surface area contributed by atoms with Crippen LogP contribution in [0.5, 0.6) is 5.75 Å². The average molecular weight is 381 g/mol. The maximum atomic E-state index is 6.17. The molecule has 1 saturated heterocycles. The number of hydrogen-bond donors (Lipinski definition) is 1. The van der Waals surface area contributed by atoms with Gasteiger partial charge in [0.1, 0.15) is 11.6 Å². The van der Waals surface area contributed by atoms with Crippen LogP contribution in [0.3, 0.4) is 0 Å². The maximum Gasteiger partial charge on any atom is 0.227 e. The number of halogens is 1. The van der Waals surface area contributed by atoms with Crippen molar-refractivity contribution in [1.82, 2.24) is 9.97 Å². The van der Waals surface area contributed by atoms with Crippen LogP contribution in [0.1, 0.15) is 12.8 Å². The molecule has 1 aromatic heterocycles. The van der Waals surface area contributed by atoms with Gasteiger partial charge in [-0.3, -0.25) is 0 Å². The van der Waals surface area contributed by atoms with E-state index in [-0.39, 0.29) is 0 Å². The van der Waals surface area contributed by atoms with Crippen LogP contribution in [0.4, 0.5) is 17.5 Å². The summed E-state index contributed by atoms with van der Waals surface area (Å²) in [6.45, 7) is 1.97. The highest BCUT2D eigenvalue weighted by molar-refractivity contribution is 6.31. The largest absolute Gasteiger partial charge is 0.495 e. The van der Waals surface area contributed by atoms with Gasteiger partial charge >= 0.3 is 0 Å². The highest BCUT2D eigenvalue weighted by Gasteiger charge is 2.17. The summed E-state index contributed by atoms with van der Waals surface area (Å²) >= 11 is 6.17. The Morgan fingerprint density at radius 1 is 1.00 bits per heavy atom. The first-order valence-corrected chi connectivity index (χ1v) is 9.41. The van der Waals surface area contributed by atoms with E-state index in [1.165, 1.54) is 12.8 Å². The number of nitrogens with zero attached hydrogens (tertiary/aromatic N) is 3. The van der Waals surface area contributed by atoms with Gasteiger partial charge in [0.25, 0.3) is 0 Å². The molecule has 138 valence electrons. The van der Waals surface area contributed by atoms with Gasteiger partial charge < -0.3 is 15.0 Å². The van der Waals surface area contributed by atoms with Gasteiger partial charge in [0.05, 0.1) is 18.5 Å². The molecular weight excluding hydrogens is 360 g/mol. The maximum absolute atomic E-state index is 6.17. The van der Waals surface area contributed by atoms with E-state index in [1.807, 2.05) is 36.4 Å². The Morgan fingerprint density at radius 3 is 2.52 bits per heavy atom. The second-order valence-electron chi connectivity index (χ2n) is 6.47. The van der Waals surface area contributed by atoms with Gasteiger partial charge in [0.15, 0.2) is 0 Å². The predicted molar refractivity (Wildman–Crippen MR) is 110 cm³/mol. The van der Waals surface area contributed by atoms with Crippen molar-refractivity contribution >= 4 is 29.1 Å². The lowest BCUT2D eigenvalue weighted by Gasteiger charge is -2.18. The van der Waals surface area contributed by atoms with Crippen molar-refractivity contribution in [3.63, 3.8) is 0 Å². The molecule has 1 aliphatic heterocycles. The van der Waals surface area contributed by atoms with E-state index < -0.39 is 0 Å². The molecule has 1 fully saturated rings. The summed E-state index contributed by atoms with van der Waals surface area (Å²) in [6, 6.07) is 17.6. The third-order valence-corrected chi connectivity index (χ3v) is 4.83. The van der Waals surface area contributed by atoms with Crippen LogP contribution in [0.15, 0.2) is 54.6 Å². The number of anilines is 3. The molecule has 1 aliphatic rings. The molecule has 0 saturated carbocycles. The quantitative estimate of drug-likeness (QED) is 0.663. The molecule has 0 unspecified atom stereocenters. The van der Waals surface area contributed by atoms with Crippen molar-refractivity contribution in [2.45, 2.75) is 12.8 Å². The number of nitrogens with one attached hydrogen (secondary N) is 1. The zero-order chi connectivity index (χ0) is 18.6. The topological polar surface area (TPSA) is 50.3 Å². The zero-order valence-electron chi connectivity index (χ0n) is 15.2. The van der Waals surface area contributed by atoms with Crippen molar-refractivity contribution in [2.24, 2.45) is 0 Å². The minimum Gasteiger partial charge on any atom is -0.495 e. The number of rotatable bonds is 5. The predicted octanol–water partition coefficient (Wildman–Crippen LogP) is 5.15. The van der Waals surface area contributed by atoms with Gasteiger partial charge in [0.2, 0.25) is 5.95 Å². The third kappa shape index (κ3) is 3.98. The van der Waals surface area contributed by atoms with E-state index >= 15 is 0 Å². The molecule has 0 spiro atoms. The smallest absolute Gasteiger partial charge is 0.227 e. The second-order valence-corrected chi connectivity index (χ2v) is 6.90. The first-order valence-electron chi connectivity index (χ1n) is 9.03. The molecule has 0 atom stereocenters. The van der Waals surface area contributed by atoms with Gasteiger partial charge in [-0.1, -0.05) is 41.9 Å². The van der Waals surface area contributed by atoms with Crippen LogP contribution < -0.4 is 15.0 Å². The van der Waals surface area contributed by atoms with Crippen molar-refractivity contribution < 1.29 is 4.74 Å². The van der Waals surface area contributed by atoms with Gasteiger partial charge in [-0.15, -0.1) is 0 Å². The van der Waals surface area contributed by atoms with Gasteiger partial charge in [0, 0.05) is 29.7 Å². The van der Waals surface area contributed by atoms with Crippen LogP contribution in [0.25, 0.3) is 11.3 Å². The van der Waals surface area contributed by atoms with Crippen molar-refractivity contribution in [2.75, 3.05) is 30.4 Å². The molecule has 0 radical (unpaired) electrons. The van der Waals surface area contributed by atoms with Gasteiger partial charge in [-0.2, -0.15) is 4.98 Å². The Morgan fingerprint density at radius 2 is 1.78 bits per heavy atom. The Kier molecular flexibility index (Phi) is 5.12. The lowest BCUT2D eigenvalue weighted by atomic mass is 10.1. The number of benzene rings is 2. The Hall–Kier alpha value is -2.79. The Bertz CT molecular complexity index is 927. The number of hydrogen-bond acceptors (Lipinski definition) is 5. The van der Waals surface area contributed by atoms with Crippen LogP contribution in [-0.2, 0) is 0 Å². The summed E-state index contributed by atoms with van der Waals surface area (Å²) in [7, 11) is 1.64. The van der Waals surface area contributed by atoms with E-state index in [9.17, 15) is 0 Å². The highest BCUT2D eigenvalue weighted by Crippen LogP contribution is 2.32. The molecule has 0 bridgehead atoms. The minimum atomic E-state index is 0.635. The van der Waals surface area contributed by atoms with Crippen molar-refractivity contribution in [1.29, 1.82) is 0 Å². The zero-order valence-corrected chi connectivity index (χ0v) is 15.9. The lowest BCUT2D eigenvalue weighted by Crippen LogP contribution is -2.21. The van der Waals surface area contributed by atoms with E-state index in [1.54, 1.807) is 13.2 Å². The number of ether oxygens (including phenoxy) is 1. The Balaban J connectivity index is 1.75. The second kappa shape index (κ2) is 7.84. The fourth-order valence-corrected chi connectivity index (χ4v) is 3.40. The third-order valence-electron chi connectivity index (χ3n) is 4.60. The van der Waals surface area contributed by atoms with Crippen molar-refractivity contribution in [3.8, 4) is 17.0 Å². The summed E-state index contributed by atoms with van der Waals surface area (Å²) in [4.78, 5) is 11.8. The Labute approximate surface area is 164 Å². The fourth-order valence-electron chi connectivity index (χ4n) is 3.23. The molecule has 0 aliphatic carbocycles. The molecule has 3 aromatic rings. The summed E-state index contributed by atoms with van der Waals surface area (Å²) in [6.07, 6.45) is 2.34. The highest BCUT2D eigenvalue weighted by atomic mass is 35.5. The standard InChI is InChI=1S/C21H21ClN4O/c1-27-19-10-9-16(22)13-18(19)23-20-14-17(15-7-3-2-4-8-15)24-21(25-20)26-11-5-6-12-26/h2-4,7-10,13-14H,5-6,11-12H2,1H3,(H,23,24,25). The molecule has 6 heteroatoms. The molecule has 0 amide bonds. The molecule has 2 aromatic carbocycles. The van der Waals surface area contributed by atoms with Crippen LogP contribution >= 0.6 is 11.6 Å². The summed E-state index contributed by atoms with van der Waals surface area (Å²) < 4.78 is 5.44. The van der Waals surface area contributed by atoms with E-state index in [2.05, 4.69) is 22.3 Å². The normalized spacial score (nSPS) is 13.6. The number of aromatic nitrogens is 2. The van der Waals surface area contributed by atoms with E-state index in [0.29, 0.717) is 16.6 Å². The fraction of sp³-hybridized carbons (Fsp3) is 0.238. The average Bonchev–Trinajstić information content (AvgIpc) is 3.24. The summed E-state index contributed by atoms with van der Waals surface area (Å²) in [5.41, 5.74) is 2.72. The number of methoxy groups -OCH3 is 1. The van der Waals surface area contributed by atoms with Gasteiger partial charge in [-0.25, -0.2) is 4.98 Å². The molecule has 2 heterocycles. The molecule has 4 rings (SSSR count). The van der Waals surface area contributed by atoms with E-state index in [4.69, 9.17) is 26.3 Å². The van der Waals surface area contributed by atoms with Crippen LogP contribution in [0, 0.1) is 0 Å². The lowest BCUT2D eigenvalue weighted by molar-refractivity contribution is 0.417. The molecule has 5 nitrogen and oxygen atoms in total. The summed E-state index contributed by atoms with van der Waals surface area (Å²) in [5.74, 6) is 2.17. The first kappa shape index (κ1) is 17.6. The van der Waals surface area contributed by atoms with Crippen molar-refractivity contribution in [3.05, 3.63) is 59.6 Å². The molecular formula is C21H21ClN4O.